The lowest BCUT2D eigenvalue weighted by Gasteiger charge is -2.45. The molecule has 0 saturated heterocycles. The van der Waals surface area contributed by atoms with Crippen LogP contribution in [0.2, 0.25) is 0 Å². The summed E-state index contributed by atoms with van der Waals surface area (Å²) in [5.74, 6) is 2.33. The van der Waals surface area contributed by atoms with Crippen LogP contribution in [-0.4, -0.2) is 45.9 Å². The van der Waals surface area contributed by atoms with Crippen LogP contribution >= 0.6 is 0 Å². The van der Waals surface area contributed by atoms with E-state index in [0.29, 0.717) is 23.0 Å². The Labute approximate surface area is 176 Å². The highest BCUT2D eigenvalue weighted by atomic mass is 16.5. The monoisotopic (exact) mass is 413 g/mol. The van der Waals surface area contributed by atoms with E-state index >= 15 is 0 Å². The van der Waals surface area contributed by atoms with Crippen LogP contribution in [0.1, 0.15) is 41.3 Å². The maximum Gasteiger partial charge on any atom is 0.303 e. The maximum atomic E-state index is 12.1. The van der Waals surface area contributed by atoms with Gasteiger partial charge in [0.1, 0.15) is 6.10 Å². The van der Waals surface area contributed by atoms with Gasteiger partial charge in [0.25, 0.3) is 0 Å². The number of carbonyl (C=O) groups excluding carboxylic acids is 1. The number of carbonyl (C=O) groups is 1. The summed E-state index contributed by atoms with van der Waals surface area (Å²) in [5.41, 5.74) is 4.27. The third-order valence-corrected chi connectivity index (χ3v) is 5.93. The van der Waals surface area contributed by atoms with E-state index in [1.807, 2.05) is 24.3 Å². The van der Waals surface area contributed by atoms with Crippen molar-refractivity contribution < 1.29 is 28.5 Å². The van der Waals surface area contributed by atoms with Gasteiger partial charge in [0.2, 0.25) is 0 Å². The second-order valence-corrected chi connectivity index (χ2v) is 7.51. The number of fused-ring (bicyclic) bond motifs is 4. The Kier molecular flexibility index (Phi) is 5.47. The van der Waals surface area contributed by atoms with Gasteiger partial charge in [-0.05, 0) is 47.4 Å². The van der Waals surface area contributed by atoms with Gasteiger partial charge in [0, 0.05) is 25.6 Å². The van der Waals surface area contributed by atoms with Crippen LogP contribution < -0.4 is 18.9 Å². The molecule has 30 heavy (non-hydrogen) atoms. The smallest absolute Gasteiger partial charge is 0.303 e. The Morgan fingerprint density at radius 3 is 1.93 bits per heavy atom. The summed E-state index contributed by atoms with van der Waals surface area (Å²) in [6, 6.07) is 7.82. The Balaban J connectivity index is 1.88. The molecule has 0 spiro atoms. The molecular weight excluding hydrogens is 386 g/mol. The Bertz CT molecular complexity index is 973. The summed E-state index contributed by atoms with van der Waals surface area (Å²) < 4.78 is 27.9. The molecule has 2 aromatic rings. The molecule has 2 atom stereocenters. The van der Waals surface area contributed by atoms with E-state index in [1.54, 1.807) is 28.4 Å². The highest BCUT2D eigenvalue weighted by Gasteiger charge is 2.42. The summed E-state index contributed by atoms with van der Waals surface area (Å²) in [6.45, 7) is 3.02. The second kappa shape index (κ2) is 8.07. The first-order valence-corrected chi connectivity index (χ1v) is 9.91. The van der Waals surface area contributed by atoms with Gasteiger partial charge in [-0.2, -0.15) is 0 Å². The molecule has 0 aromatic heterocycles. The molecule has 7 nitrogen and oxygen atoms in total. The number of hydrogen-bond acceptors (Lipinski definition) is 7. The molecule has 7 heteroatoms. The van der Waals surface area contributed by atoms with Gasteiger partial charge in [-0.25, -0.2) is 0 Å². The van der Waals surface area contributed by atoms with Gasteiger partial charge in [0.15, 0.2) is 23.0 Å². The summed E-state index contributed by atoms with van der Waals surface area (Å²) in [4.78, 5) is 14.4. The van der Waals surface area contributed by atoms with Crippen molar-refractivity contribution in [2.75, 3.05) is 35.0 Å². The quantitative estimate of drug-likeness (QED) is 0.696. The number of methoxy groups -OCH3 is 4. The van der Waals surface area contributed by atoms with Gasteiger partial charge in [0.05, 0.1) is 34.5 Å². The fourth-order valence-electron chi connectivity index (χ4n) is 4.59. The number of esters is 1. The largest absolute Gasteiger partial charge is 0.493 e. The lowest BCUT2D eigenvalue weighted by molar-refractivity contribution is -0.152. The minimum atomic E-state index is -0.469. The average Bonchev–Trinajstić information content (AvgIpc) is 2.76. The summed E-state index contributed by atoms with van der Waals surface area (Å²) in [7, 11) is 6.49. The predicted octanol–water partition coefficient (Wildman–Crippen LogP) is 3.44. The molecule has 0 unspecified atom stereocenters. The first-order chi connectivity index (χ1) is 14.5. The fourth-order valence-corrected chi connectivity index (χ4v) is 4.59. The first-order valence-electron chi connectivity index (χ1n) is 9.91. The van der Waals surface area contributed by atoms with Crippen LogP contribution in [0.3, 0.4) is 0 Å². The highest BCUT2D eigenvalue weighted by Crippen LogP contribution is 2.50. The lowest BCUT2D eigenvalue weighted by atomic mass is 9.81. The summed E-state index contributed by atoms with van der Waals surface area (Å²) in [5, 5.41) is 0. The van der Waals surface area contributed by atoms with E-state index in [0.717, 1.165) is 36.2 Å². The maximum absolute atomic E-state index is 12.1. The van der Waals surface area contributed by atoms with Gasteiger partial charge in [-0.3, -0.25) is 9.69 Å². The van der Waals surface area contributed by atoms with Crippen LogP contribution in [0.15, 0.2) is 24.3 Å². The molecule has 0 radical (unpaired) electrons. The zero-order valence-corrected chi connectivity index (χ0v) is 18.0. The number of nitrogens with zero attached hydrogens (tertiary/aromatic N) is 1. The van der Waals surface area contributed by atoms with Crippen LogP contribution in [0, 0.1) is 0 Å². The standard InChI is InChI=1S/C23H27NO6/c1-13(25)30-23-17-11-21(29-5)19(27-3)9-15(17)12-24-7-6-14-8-18(26-2)20(28-4)10-16(14)22(23)24/h8-11,22-23H,6-7,12H2,1-5H3/t22-,23-/m1/s1. The molecule has 2 heterocycles. The fraction of sp³-hybridized carbons (Fsp3) is 0.435. The molecule has 2 aliphatic rings. The van der Waals surface area contributed by atoms with E-state index in [9.17, 15) is 4.79 Å². The minimum Gasteiger partial charge on any atom is -0.493 e. The second-order valence-electron chi connectivity index (χ2n) is 7.51. The van der Waals surface area contributed by atoms with Crippen LogP contribution in [0.5, 0.6) is 23.0 Å². The van der Waals surface area contributed by atoms with Crippen molar-refractivity contribution in [1.82, 2.24) is 4.90 Å². The SMILES string of the molecule is COc1cc2c(cc1OC)[C@@H](OC(C)=O)[C@H]1c3cc(OC)c(OC)cc3CCN1C2. The number of ether oxygens (including phenoxy) is 5. The van der Waals surface area contributed by atoms with Gasteiger partial charge in [-0.1, -0.05) is 0 Å². The van der Waals surface area contributed by atoms with Crippen molar-refractivity contribution >= 4 is 5.97 Å². The van der Waals surface area contributed by atoms with Crippen molar-refractivity contribution in [3.8, 4) is 23.0 Å². The Morgan fingerprint density at radius 2 is 1.37 bits per heavy atom. The van der Waals surface area contributed by atoms with Crippen LogP contribution in [0.4, 0.5) is 0 Å². The average molecular weight is 413 g/mol. The summed E-state index contributed by atoms with van der Waals surface area (Å²) in [6.07, 6.45) is 0.407. The topological polar surface area (TPSA) is 66.5 Å². The van der Waals surface area contributed by atoms with Crippen molar-refractivity contribution in [2.24, 2.45) is 0 Å². The van der Waals surface area contributed by atoms with Crippen LogP contribution in [0.25, 0.3) is 0 Å². The zero-order chi connectivity index (χ0) is 21.4. The van der Waals surface area contributed by atoms with Crippen LogP contribution in [-0.2, 0) is 22.5 Å². The van der Waals surface area contributed by atoms with E-state index in [-0.39, 0.29) is 12.0 Å². The molecular formula is C23H27NO6. The van der Waals surface area contributed by atoms with Crippen molar-refractivity contribution in [1.29, 1.82) is 0 Å². The third-order valence-electron chi connectivity index (χ3n) is 5.93. The molecule has 0 amide bonds. The summed E-state index contributed by atoms with van der Waals surface area (Å²) >= 11 is 0. The minimum absolute atomic E-state index is 0.122. The normalized spacial score (nSPS) is 19.8. The number of benzene rings is 2. The van der Waals surface area contributed by atoms with E-state index < -0.39 is 6.10 Å². The van der Waals surface area contributed by atoms with E-state index in [1.165, 1.54) is 12.5 Å². The molecule has 2 aromatic carbocycles. The molecule has 0 fully saturated rings. The molecule has 2 aliphatic heterocycles. The Hall–Kier alpha value is -2.93. The number of hydrogen-bond donors (Lipinski definition) is 0. The van der Waals surface area contributed by atoms with E-state index in [4.69, 9.17) is 23.7 Å². The predicted molar refractivity (Wildman–Crippen MR) is 110 cm³/mol. The van der Waals surface area contributed by atoms with Crippen molar-refractivity contribution in [3.63, 3.8) is 0 Å². The molecule has 4 rings (SSSR count). The van der Waals surface area contributed by atoms with E-state index in [2.05, 4.69) is 4.90 Å². The molecule has 0 N–H and O–H groups in total. The van der Waals surface area contributed by atoms with Gasteiger partial charge < -0.3 is 23.7 Å². The molecule has 160 valence electrons. The van der Waals surface area contributed by atoms with Crippen molar-refractivity contribution in [2.45, 2.75) is 32.0 Å². The van der Waals surface area contributed by atoms with Gasteiger partial charge >= 0.3 is 5.97 Å². The molecule has 0 saturated carbocycles. The first kappa shape index (κ1) is 20.3. The Morgan fingerprint density at radius 1 is 0.833 bits per heavy atom. The molecule has 0 bridgehead atoms. The van der Waals surface area contributed by atoms with Gasteiger partial charge in [-0.15, -0.1) is 0 Å². The zero-order valence-electron chi connectivity index (χ0n) is 18.0. The van der Waals surface area contributed by atoms with Crippen molar-refractivity contribution in [3.05, 3.63) is 46.5 Å². The highest BCUT2D eigenvalue weighted by molar-refractivity contribution is 5.67. The third kappa shape index (κ3) is 3.33. The number of rotatable bonds is 5. The lowest BCUT2D eigenvalue weighted by Crippen LogP contribution is -2.43. The molecule has 0 aliphatic carbocycles.